The lowest BCUT2D eigenvalue weighted by molar-refractivity contribution is 0.172. The van der Waals surface area contributed by atoms with Crippen LogP contribution in [0.1, 0.15) is 51.2 Å². The zero-order valence-corrected chi connectivity index (χ0v) is 17.9. The fraction of sp³-hybridized carbons (Fsp3) is 0.571. The van der Waals surface area contributed by atoms with Crippen molar-refractivity contribution in [3.8, 4) is 5.75 Å². The normalized spacial score (nSPS) is 11.7. The molecule has 0 spiro atoms. The van der Waals surface area contributed by atoms with Crippen molar-refractivity contribution >= 4 is 11.6 Å². The van der Waals surface area contributed by atoms with Crippen molar-refractivity contribution in [2.75, 3.05) is 38.7 Å². The van der Waals surface area contributed by atoms with E-state index in [4.69, 9.17) is 14.0 Å². The molecule has 0 aliphatic heterocycles. The highest BCUT2D eigenvalue weighted by atomic mass is 16.5. The average molecular weight is 404 g/mol. The largest absolute Gasteiger partial charge is 0.493 e. The van der Waals surface area contributed by atoms with Gasteiger partial charge in [0.2, 0.25) is 5.89 Å². The maximum absolute atomic E-state index is 5.75. The summed E-state index contributed by atoms with van der Waals surface area (Å²) in [5, 5.41) is 10.6. The number of hydrogen-bond donors (Lipinski definition) is 2. The number of ether oxygens (including phenoxy) is 2. The molecule has 160 valence electrons. The van der Waals surface area contributed by atoms with Gasteiger partial charge in [0.05, 0.1) is 6.61 Å². The van der Waals surface area contributed by atoms with Crippen molar-refractivity contribution in [3.63, 3.8) is 0 Å². The van der Waals surface area contributed by atoms with Crippen molar-refractivity contribution in [1.82, 2.24) is 15.5 Å². The van der Waals surface area contributed by atoms with E-state index in [1.807, 2.05) is 45.0 Å². The smallest absolute Gasteiger partial charge is 0.226 e. The number of benzene rings is 1. The number of anilines is 1. The molecule has 8 nitrogen and oxygen atoms in total. The Bertz CT molecular complexity index is 745. The van der Waals surface area contributed by atoms with Gasteiger partial charge in [-0.25, -0.2) is 0 Å². The van der Waals surface area contributed by atoms with Gasteiger partial charge < -0.3 is 24.6 Å². The highest BCUT2D eigenvalue weighted by molar-refractivity contribution is 5.93. The Morgan fingerprint density at radius 2 is 2.10 bits per heavy atom. The van der Waals surface area contributed by atoms with Gasteiger partial charge in [-0.1, -0.05) is 25.1 Å². The van der Waals surface area contributed by atoms with Gasteiger partial charge in [0.1, 0.15) is 5.75 Å². The number of rotatable bonds is 12. The predicted octanol–water partition coefficient (Wildman–Crippen LogP) is 3.62. The second kappa shape index (κ2) is 12.8. The lowest BCUT2D eigenvalue weighted by Crippen LogP contribution is -2.30. The van der Waals surface area contributed by atoms with E-state index in [-0.39, 0.29) is 5.92 Å². The Labute approximate surface area is 173 Å². The zero-order chi connectivity index (χ0) is 20.9. The molecule has 0 atom stereocenters. The summed E-state index contributed by atoms with van der Waals surface area (Å²) in [6.45, 7) is 8.89. The maximum atomic E-state index is 5.75. The van der Waals surface area contributed by atoms with Crippen molar-refractivity contribution in [2.45, 2.75) is 46.0 Å². The van der Waals surface area contributed by atoms with Crippen LogP contribution in [0.5, 0.6) is 5.75 Å². The molecule has 1 heterocycles. The van der Waals surface area contributed by atoms with E-state index in [2.05, 4.69) is 25.8 Å². The average Bonchev–Trinajstić information content (AvgIpc) is 3.18. The summed E-state index contributed by atoms with van der Waals surface area (Å²) in [5.74, 6) is 3.24. The molecule has 2 N–H and O–H groups in total. The number of methoxy groups -OCH3 is 1. The quantitative estimate of drug-likeness (QED) is 0.317. The minimum atomic E-state index is 0.273. The summed E-state index contributed by atoms with van der Waals surface area (Å²) in [6.07, 6.45) is 2.41. The van der Waals surface area contributed by atoms with Gasteiger partial charge in [0.15, 0.2) is 11.8 Å². The Balaban J connectivity index is 1.84. The van der Waals surface area contributed by atoms with Crippen LogP contribution in [-0.2, 0) is 11.2 Å². The van der Waals surface area contributed by atoms with Gasteiger partial charge in [-0.15, -0.1) is 0 Å². The first-order chi connectivity index (χ1) is 14.1. The molecule has 0 unspecified atom stereocenters. The van der Waals surface area contributed by atoms with Crippen LogP contribution < -0.4 is 15.4 Å². The molecule has 0 amide bonds. The molecule has 1 aromatic heterocycles. The van der Waals surface area contributed by atoms with Crippen molar-refractivity contribution < 1.29 is 14.0 Å². The first-order valence-electron chi connectivity index (χ1n) is 10.2. The predicted molar refractivity (Wildman–Crippen MR) is 115 cm³/mol. The number of aromatic nitrogens is 2. The zero-order valence-electron chi connectivity index (χ0n) is 17.9. The molecule has 0 saturated carbocycles. The molecule has 29 heavy (non-hydrogen) atoms. The van der Waals surface area contributed by atoms with Crippen molar-refractivity contribution in [1.29, 1.82) is 0 Å². The van der Waals surface area contributed by atoms with Gasteiger partial charge in [-0.05, 0) is 25.5 Å². The number of hydrogen-bond acceptors (Lipinski definition) is 6. The van der Waals surface area contributed by atoms with Crippen LogP contribution >= 0.6 is 0 Å². The van der Waals surface area contributed by atoms with Gasteiger partial charge in [-0.2, -0.15) is 4.98 Å². The lowest BCUT2D eigenvalue weighted by Gasteiger charge is -2.13. The van der Waals surface area contributed by atoms with Crippen LogP contribution in [0, 0.1) is 0 Å². The molecular weight excluding hydrogens is 370 g/mol. The third-order valence-electron chi connectivity index (χ3n) is 4.02. The van der Waals surface area contributed by atoms with E-state index in [1.54, 1.807) is 7.11 Å². The summed E-state index contributed by atoms with van der Waals surface area (Å²) in [7, 11) is 1.69. The molecular formula is C21H33N5O3. The summed E-state index contributed by atoms with van der Waals surface area (Å²) < 4.78 is 16.1. The molecule has 0 saturated heterocycles. The van der Waals surface area contributed by atoms with Crippen LogP contribution in [0.3, 0.4) is 0 Å². The Morgan fingerprint density at radius 1 is 1.24 bits per heavy atom. The van der Waals surface area contributed by atoms with Crippen molar-refractivity contribution in [2.24, 2.45) is 4.99 Å². The van der Waals surface area contributed by atoms with E-state index in [0.717, 1.165) is 42.6 Å². The highest BCUT2D eigenvalue weighted by Crippen LogP contribution is 2.17. The summed E-state index contributed by atoms with van der Waals surface area (Å²) in [4.78, 5) is 9.03. The van der Waals surface area contributed by atoms with Crippen LogP contribution in [0.25, 0.3) is 0 Å². The molecule has 1 aromatic carbocycles. The van der Waals surface area contributed by atoms with Gasteiger partial charge >= 0.3 is 0 Å². The van der Waals surface area contributed by atoms with E-state index in [1.165, 1.54) is 0 Å². The van der Waals surface area contributed by atoms with Gasteiger partial charge in [0.25, 0.3) is 0 Å². The fourth-order valence-corrected chi connectivity index (χ4v) is 2.53. The first kappa shape index (κ1) is 22.7. The minimum absolute atomic E-state index is 0.273. The maximum Gasteiger partial charge on any atom is 0.226 e. The van der Waals surface area contributed by atoms with Crippen LogP contribution in [0.2, 0.25) is 0 Å². The topological polar surface area (TPSA) is 93.8 Å². The lowest BCUT2D eigenvalue weighted by atomic mass is 10.2. The Kier molecular flexibility index (Phi) is 9.99. The molecule has 0 aliphatic rings. The van der Waals surface area contributed by atoms with E-state index < -0.39 is 0 Å². The third kappa shape index (κ3) is 8.51. The summed E-state index contributed by atoms with van der Waals surface area (Å²) in [6, 6.07) is 7.85. The number of aryl methyl sites for hydroxylation is 1. The fourth-order valence-electron chi connectivity index (χ4n) is 2.53. The number of guanidine groups is 1. The molecule has 2 rings (SSSR count). The van der Waals surface area contributed by atoms with E-state index >= 15 is 0 Å². The minimum Gasteiger partial charge on any atom is -0.493 e. The van der Waals surface area contributed by atoms with Gasteiger partial charge in [0, 0.05) is 57.3 Å². The molecule has 0 bridgehead atoms. The third-order valence-corrected chi connectivity index (χ3v) is 4.02. The molecule has 0 radical (unpaired) electrons. The highest BCUT2D eigenvalue weighted by Gasteiger charge is 2.09. The SMILES string of the molecule is CCNC(=NCCCc1nc(C(C)C)no1)Nc1cccc(OCCCOC)c1. The van der Waals surface area contributed by atoms with Crippen LogP contribution in [-0.4, -0.2) is 49.5 Å². The molecule has 0 aliphatic carbocycles. The number of aliphatic imine (C=N–C) groups is 1. The number of nitrogens with one attached hydrogen (secondary N) is 2. The molecule has 8 heteroatoms. The molecule has 0 fully saturated rings. The summed E-state index contributed by atoms with van der Waals surface area (Å²) in [5.41, 5.74) is 0.924. The Morgan fingerprint density at radius 3 is 2.83 bits per heavy atom. The monoisotopic (exact) mass is 403 g/mol. The van der Waals surface area contributed by atoms with Crippen molar-refractivity contribution in [3.05, 3.63) is 36.0 Å². The second-order valence-electron chi connectivity index (χ2n) is 6.91. The number of nitrogens with zero attached hydrogens (tertiary/aromatic N) is 3. The van der Waals surface area contributed by atoms with E-state index in [0.29, 0.717) is 32.1 Å². The second-order valence-corrected chi connectivity index (χ2v) is 6.91. The van der Waals surface area contributed by atoms with Crippen LogP contribution in [0.4, 0.5) is 5.69 Å². The standard InChI is InChI=1S/C21H33N5O3/c1-5-22-21(23-12-7-11-19-25-20(16(2)3)26-29-19)24-17-9-6-10-18(15-17)28-14-8-13-27-4/h6,9-10,15-16H,5,7-8,11-14H2,1-4H3,(H2,22,23,24). The van der Waals surface area contributed by atoms with E-state index in [9.17, 15) is 0 Å². The first-order valence-corrected chi connectivity index (χ1v) is 10.2. The van der Waals surface area contributed by atoms with Gasteiger partial charge in [-0.3, -0.25) is 4.99 Å². The van der Waals surface area contributed by atoms with Crippen LogP contribution in [0.15, 0.2) is 33.8 Å². The summed E-state index contributed by atoms with van der Waals surface area (Å²) >= 11 is 0. The Hall–Kier alpha value is -2.61. The molecule has 2 aromatic rings.